The zero-order valence-corrected chi connectivity index (χ0v) is 17.7. The van der Waals surface area contributed by atoms with Crippen molar-refractivity contribution in [1.29, 1.82) is 0 Å². The molecular weight excluding hydrogens is 356 g/mol. The van der Waals surface area contributed by atoms with Crippen molar-refractivity contribution in [2.75, 3.05) is 7.11 Å². The molecule has 1 aliphatic rings. The van der Waals surface area contributed by atoms with Crippen LogP contribution in [-0.2, 0) is 11.2 Å². The first kappa shape index (κ1) is 22.3. The van der Waals surface area contributed by atoms with Gasteiger partial charge in [0.15, 0.2) is 0 Å². The Morgan fingerprint density at radius 2 is 1.96 bits per heavy atom. The number of unbranched alkanes of at least 4 members (excludes halogenated alkanes) is 2. The Kier molecular flexibility index (Phi) is 7.16. The summed E-state index contributed by atoms with van der Waals surface area (Å²) in [5.74, 6) is -1.46. The molecular formula is C23H34O5. The Morgan fingerprint density at radius 3 is 2.54 bits per heavy atom. The minimum Gasteiger partial charge on any atom is -0.507 e. The second kappa shape index (κ2) is 8.99. The molecule has 0 radical (unpaired) electrons. The first-order valence-corrected chi connectivity index (χ1v) is 10.2. The number of ether oxygens (including phenoxy) is 1. The van der Waals surface area contributed by atoms with Gasteiger partial charge in [-0.25, -0.2) is 4.79 Å². The van der Waals surface area contributed by atoms with Crippen molar-refractivity contribution in [3.63, 3.8) is 0 Å². The summed E-state index contributed by atoms with van der Waals surface area (Å²) in [6.45, 7) is 7.58. The quantitative estimate of drug-likeness (QED) is 0.353. The maximum Gasteiger partial charge on any atom is 0.341 e. The number of benzene rings is 1. The molecule has 0 aromatic heterocycles. The molecule has 0 amide bonds. The molecule has 5 heteroatoms. The molecule has 1 aromatic rings. The van der Waals surface area contributed by atoms with Crippen LogP contribution in [0.3, 0.4) is 0 Å². The average molecular weight is 391 g/mol. The van der Waals surface area contributed by atoms with Gasteiger partial charge >= 0.3 is 5.97 Å². The van der Waals surface area contributed by atoms with Gasteiger partial charge in [-0.2, -0.15) is 0 Å². The number of rotatable bonds is 7. The van der Waals surface area contributed by atoms with Crippen molar-refractivity contribution in [3.05, 3.63) is 34.4 Å². The minimum atomic E-state index is -0.994. The summed E-state index contributed by atoms with van der Waals surface area (Å²) in [5, 5.41) is 32.5. The highest BCUT2D eigenvalue weighted by Crippen LogP contribution is 2.49. The standard InChI is InChI=1S/C23H34O5/c1-6-7-8-9-15-13-18(24)20(21(25)19(15)22(26)28-5)16-12-14(2)10-11-17(16)23(3,4)27/h12-13,16-17,24-25,27H,6-11H2,1-5H3. The molecule has 0 heterocycles. The minimum absolute atomic E-state index is 0.0400. The Morgan fingerprint density at radius 1 is 1.29 bits per heavy atom. The van der Waals surface area contributed by atoms with Crippen molar-refractivity contribution in [2.45, 2.75) is 77.7 Å². The van der Waals surface area contributed by atoms with Crippen LogP contribution in [-0.4, -0.2) is 34.0 Å². The lowest BCUT2D eigenvalue weighted by molar-refractivity contribution is 0.00420. The molecule has 2 atom stereocenters. The van der Waals surface area contributed by atoms with Crippen molar-refractivity contribution in [3.8, 4) is 11.5 Å². The van der Waals surface area contributed by atoms with Crippen molar-refractivity contribution >= 4 is 5.97 Å². The number of hydrogen-bond acceptors (Lipinski definition) is 5. The Balaban J connectivity index is 2.63. The van der Waals surface area contributed by atoms with Crippen LogP contribution in [0.15, 0.2) is 17.7 Å². The second-order valence-electron chi connectivity index (χ2n) is 8.48. The van der Waals surface area contributed by atoms with E-state index in [4.69, 9.17) is 4.74 Å². The van der Waals surface area contributed by atoms with E-state index >= 15 is 0 Å². The largest absolute Gasteiger partial charge is 0.507 e. The van der Waals surface area contributed by atoms with Crippen LogP contribution >= 0.6 is 0 Å². The van der Waals surface area contributed by atoms with Crippen LogP contribution < -0.4 is 0 Å². The number of carbonyl (C=O) groups is 1. The average Bonchev–Trinajstić information content (AvgIpc) is 2.60. The fraction of sp³-hybridized carbons (Fsp3) is 0.609. The van der Waals surface area contributed by atoms with Gasteiger partial charge in [-0.1, -0.05) is 31.4 Å². The number of methoxy groups -OCH3 is 1. The summed E-state index contributed by atoms with van der Waals surface area (Å²) < 4.78 is 4.92. The van der Waals surface area contributed by atoms with Crippen molar-refractivity contribution in [1.82, 2.24) is 0 Å². The third-order valence-corrected chi connectivity index (χ3v) is 5.83. The number of allylic oxidation sites excluding steroid dienone is 2. The van der Waals surface area contributed by atoms with Gasteiger partial charge in [-0.15, -0.1) is 0 Å². The van der Waals surface area contributed by atoms with Crippen LogP contribution in [0.2, 0.25) is 0 Å². The number of aromatic hydroxyl groups is 2. The zero-order valence-electron chi connectivity index (χ0n) is 17.7. The van der Waals surface area contributed by atoms with Crippen molar-refractivity contribution in [2.24, 2.45) is 5.92 Å². The zero-order chi connectivity index (χ0) is 21.1. The number of phenols is 2. The third kappa shape index (κ3) is 4.69. The summed E-state index contributed by atoms with van der Waals surface area (Å²) in [7, 11) is 1.29. The maximum atomic E-state index is 12.4. The fourth-order valence-corrected chi connectivity index (χ4v) is 4.29. The number of hydrogen-bond donors (Lipinski definition) is 3. The normalized spacial score (nSPS) is 20.0. The lowest BCUT2D eigenvalue weighted by atomic mass is 9.69. The molecule has 2 unspecified atom stereocenters. The topological polar surface area (TPSA) is 87.0 Å². The van der Waals surface area contributed by atoms with E-state index < -0.39 is 11.6 Å². The summed E-state index contributed by atoms with van der Waals surface area (Å²) in [5.41, 5.74) is 1.15. The molecule has 0 saturated carbocycles. The van der Waals surface area contributed by atoms with Gasteiger partial charge < -0.3 is 20.1 Å². The van der Waals surface area contributed by atoms with Crippen LogP contribution in [0.5, 0.6) is 11.5 Å². The van der Waals surface area contributed by atoms with Gasteiger partial charge in [0.2, 0.25) is 0 Å². The van der Waals surface area contributed by atoms with Gasteiger partial charge in [0.05, 0.1) is 12.7 Å². The predicted molar refractivity (Wildman–Crippen MR) is 110 cm³/mol. The molecule has 0 fully saturated rings. The van der Waals surface area contributed by atoms with Gasteiger partial charge in [0.25, 0.3) is 0 Å². The maximum absolute atomic E-state index is 12.4. The number of phenolic OH excluding ortho intramolecular Hbond substituents is 2. The van der Waals surface area contributed by atoms with Gasteiger partial charge in [-0.3, -0.25) is 0 Å². The lowest BCUT2D eigenvalue weighted by Gasteiger charge is -2.38. The molecule has 0 bridgehead atoms. The van der Waals surface area contributed by atoms with Crippen molar-refractivity contribution < 1.29 is 24.9 Å². The highest BCUT2D eigenvalue weighted by atomic mass is 16.5. The first-order chi connectivity index (χ1) is 13.1. The molecule has 0 saturated heterocycles. The molecule has 1 aliphatic carbocycles. The van der Waals surface area contributed by atoms with Crippen LogP contribution in [0.25, 0.3) is 0 Å². The monoisotopic (exact) mass is 390 g/mol. The molecule has 5 nitrogen and oxygen atoms in total. The van der Waals surface area contributed by atoms with E-state index in [9.17, 15) is 20.1 Å². The number of aryl methyl sites for hydroxylation is 1. The summed E-state index contributed by atoms with van der Waals surface area (Å²) >= 11 is 0. The molecule has 3 N–H and O–H groups in total. The van der Waals surface area contributed by atoms with E-state index in [1.54, 1.807) is 19.9 Å². The third-order valence-electron chi connectivity index (χ3n) is 5.83. The summed E-state index contributed by atoms with van der Waals surface area (Å²) in [6, 6.07) is 1.58. The van der Waals surface area contributed by atoms with Crippen LogP contribution in [0.4, 0.5) is 0 Å². The van der Waals surface area contributed by atoms with E-state index in [0.29, 0.717) is 17.5 Å². The molecule has 0 spiro atoms. The molecule has 156 valence electrons. The molecule has 0 aliphatic heterocycles. The number of carbonyl (C=O) groups excluding carboxylic acids is 1. The summed E-state index contributed by atoms with van der Waals surface area (Å²) in [6.07, 6.45) is 7.03. The lowest BCUT2D eigenvalue weighted by Crippen LogP contribution is -2.36. The van der Waals surface area contributed by atoms with Gasteiger partial charge in [-0.05, 0) is 64.0 Å². The SMILES string of the molecule is CCCCCc1cc(O)c(C2C=C(C)CCC2C(C)(C)O)c(O)c1C(=O)OC. The fourth-order valence-electron chi connectivity index (χ4n) is 4.29. The molecule has 1 aromatic carbocycles. The molecule has 2 rings (SSSR count). The van der Waals surface area contributed by atoms with Gasteiger partial charge in [0, 0.05) is 11.5 Å². The molecule has 28 heavy (non-hydrogen) atoms. The van der Waals surface area contributed by atoms with Crippen LogP contribution in [0.1, 0.15) is 87.2 Å². The van der Waals surface area contributed by atoms with E-state index in [-0.39, 0.29) is 28.9 Å². The Bertz CT molecular complexity index is 742. The highest BCUT2D eigenvalue weighted by Gasteiger charge is 2.39. The van der Waals surface area contributed by atoms with Crippen LogP contribution in [0, 0.1) is 5.92 Å². The van der Waals surface area contributed by atoms with E-state index in [1.165, 1.54) is 7.11 Å². The van der Waals surface area contributed by atoms with Gasteiger partial charge in [0.1, 0.15) is 17.1 Å². The smallest absolute Gasteiger partial charge is 0.341 e. The Hall–Kier alpha value is -2.01. The predicted octanol–water partition coefficient (Wildman–Crippen LogP) is 4.83. The van der Waals surface area contributed by atoms with E-state index in [1.807, 2.05) is 13.0 Å². The Labute approximate surface area is 168 Å². The number of esters is 1. The first-order valence-electron chi connectivity index (χ1n) is 10.2. The van der Waals surface area contributed by atoms with E-state index in [2.05, 4.69) is 6.92 Å². The highest BCUT2D eigenvalue weighted by molar-refractivity contribution is 5.95. The number of aliphatic hydroxyl groups is 1. The van der Waals surface area contributed by atoms with E-state index in [0.717, 1.165) is 37.7 Å². The second-order valence-corrected chi connectivity index (χ2v) is 8.48. The summed E-state index contributed by atoms with van der Waals surface area (Å²) in [4.78, 5) is 12.4.